The van der Waals surface area contributed by atoms with Crippen LogP contribution < -0.4 is 11.1 Å². The van der Waals surface area contributed by atoms with E-state index in [1.165, 1.54) is 6.20 Å². The lowest BCUT2D eigenvalue weighted by atomic mass is 10.1. The van der Waals surface area contributed by atoms with Crippen molar-refractivity contribution in [1.29, 1.82) is 5.26 Å². The molecule has 5 nitrogen and oxygen atoms in total. The first-order valence-electron chi connectivity index (χ1n) is 5.05. The van der Waals surface area contributed by atoms with Crippen LogP contribution in [0.1, 0.15) is 11.1 Å². The van der Waals surface area contributed by atoms with E-state index in [9.17, 15) is 0 Å². The van der Waals surface area contributed by atoms with Gasteiger partial charge in [-0.05, 0) is 18.6 Å². The van der Waals surface area contributed by atoms with E-state index >= 15 is 0 Å². The Morgan fingerprint density at radius 1 is 1.35 bits per heavy atom. The van der Waals surface area contributed by atoms with Crippen LogP contribution in [0, 0.1) is 18.3 Å². The number of nitrogens with zero attached hydrogens (tertiary/aromatic N) is 3. The molecule has 1 aromatic carbocycles. The Morgan fingerprint density at radius 3 is 2.88 bits per heavy atom. The predicted molar refractivity (Wildman–Crippen MR) is 65.6 cm³/mol. The third-order valence-electron chi connectivity index (χ3n) is 2.30. The molecule has 0 aliphatic rings. The van der Waals surface area contributed by atoms with Gasteiger partial charge in [0.1, 0.15) is 11.9 Å². The van der Waals surface area contributed by atoms with Gasteiger partial charge in [-0.25, -0.2) is 4.98 Å². The molecule has 0 unspecified atom stereocenters. The van der Waals surface area contributed by atoms with Crippen LogP contribution in [-0.4, -0.2) is 9.97 Å². The van der Waals surface area contributed by atoms with Gasteiger partial charge in [0.2, 0.25) is 0 Å². The molecule has 84 valence electrons. The van der Waals surface area contributed by atoms with E-state index in [1.54, 1.807) is 6.20 Å². The van der Waals surface area contributed by atoms with Crippen LogP contribution in [0.15, 0.2) is 30.6 Å². The normalized spacial score (nSPS) is 9.65. The molecule has 0 amide bonds. The average molecular weight is 225 g/mol. The van der Waals surface area contributed by atoms with Crippen LogP contribution in [-0.2, 0) is 0 Å². The first-order valence-corrected chi connectivity index (χ1v) is 5.05. The fourth-order valence-corrected chi connectivity index (χ4v) is 1.50. The highest BCUT2D eigenvalue weighted by atomic mass is 15.0. The summed E-state index contributed by atoms with van der Waals surface area (Å²) in [5.41, 5.74) is 7.74. The lowest BCUT2D eigenvalue weighted by Crippen LogP contribution is -2.00. The van der Waals surface area contributed by atoms with Gasteiger partial charge in [0.25, 0.3) is 0 Å². The third kappa shape index (κ3) is 2.32. The second-order valence-corrected chi connectivity index (χ2v) is 3.56. The number of hydrogen-bond acceptors (Lipinski definition) is 5. The van der Waals surface area contributed by atoms with Gasteiger partial charge < -0.3 is 11.1 Å². The van der Waals surface area contributed by atoms with Crippen molar-refractivity contribution in [3.8, 4) is 6.07 Å². The van der Waals surface area contributed by atoms with Crippen molar-refractivity contribution in [1.82, 2.24) is 9.97 Å². The first kappa shape index (κ1) is 10.9. The fraction of sp³-hybridized carbons (Fsp3) is 0.0833. The summed E-state index contributed by atoms with van der Waals surface area (Å²) in [5, 5.41) is 12.1. The predicted octanol–water partition coefficient (Wildman–Crippen LogP) is 1.98. The molecule has 0 saturated carbocycles. The van der Waals surface area contributed by atoms with Gasteiger partial charge in [0, 0.05) is 0 Å². The van der Waals surface area contributed by atoms with Gasteiger partial charge in [-0.15, -0.1) is 0 Å². The van der Waals surface area contributed by atoms with Crippen molar-refractivity contribution in [2.24, 2.45) is 0 Å². The molecule has 3 N–H and O–H groups in total. The minimum atomic E-state index is 0.334. The number of nitrogens with two attached hydrogens (primary N) is 1. The maximum Gasteiger partial charge on any atom is 0.151 e. The fourth-order valence-electron chi connectivity index (χ4n) is 1.50. The van der Waals surface area contributed by atoms with Crippen molar-refractivity contribution in [3.05, 3.63) is 41.7 Å². The van der Waals surface area contributed by atoms with Gasteiger partial charge in [0.15, 0.2) is 5.82 Å². The summed E-state index contributed by atoms with van der Waals surface area (Å²) in [6, 6.07) is 7.73. The van der Waals surface area contributed by atoms with Gasteiger partial charge in [-0.3, -0.25) is 4.98 Å². The maximum absolute atomic E-state index is 9.08. The SMILES string of the molecule is Cc1cccc(Nc2cncc(N)n2)c1C#N. The van der Waals surface area contributed by atoms with Gasteiger partial charge in [-0.1, -0.05) is 12.1 Å². The lowest BCUT2D eigenvalue weighted by molar-refractivity contribution is 1.20. The summed E-state index contributed by atoms with van der Waals surface area (Å²) in [6.07, 6.45) is 3.02. The standard InChI is InChI=1S/C12H11N5/c1-8-3-2-4-10(9(8)5-13)16-12-7-15-6-11(14)17-12/h2-4,6-7H,1H3,(H3,14,16,17). The van der Waals surface area contributed by atoms with Crippen molar-refractivity contribution in [2.45, 2.75) is 6.92 Å². The zero-order chi connectivity index (χ0) is 12.3. The summed E-state index contributed by atoms with van der Waals surface area (Å²) in [6.45, 7) is 1.88. The van der Waals surface area contributed by atoms with Crippen LogP contribution >= 0.6 is 0 Å². The van der Waals surface area contributed by atoms with Gasteiger partial charge >= 0.3 is 0 Å². The number of nitrogens with one attached hydrogen (secondary N) is 1. The number of aromatic nitrogens is 2. The third-order valence-corrected chi connectivity index (χ3v) is 2.30. The molecule has 0 aliphatic carbocycles. The van der Waals surface area contributed by atoms with Crippen molar-refractivity contribution < 1.29 is 0 Å². The molecule has 2 rings (SSSR count). The summed E-state index contributed by atoms with van der Waals surface area (Å²) >= 11 is 0. The monoisotopic (exact) mass is 225 g/mol. The number of anilines is 3. The molecule has 0 radical (unpaired) electrons. The first-order chi connectivity index (χ1) is 8.20. The van der Waals surface area contributed by atoms with Crippen molar-refractivity contribution in [2.75, 3.05) is 11.1 Å². The van der Waals surface area contributed by atoms with Gasteiger partial charge in [-0.2, -0.15) is 5.26 Å². The second kappa shape index (κ2) is 4.49. The molecule has 0 fully saturated rings. The molecule has 5 heteroatoms. The molecule has 0 spiro atoms. The Bertz CT molecular complexity index is 586. The molecule has 1 heterocycles. The Morgan fingerprint density at radius 2 is 2.18 bits per heavy atom. The molecule has 2 aromatic rings. The number of hydrogen-bond donors (Lipinski definition) is 2. The summed E-state index contributed by atoms with van der Waals surface area (Å²) in [5.74, 6) is 0.855. The van der Waals surface area contributed by atoms with Crippen molar-refractivity contribution >= 4 is 17.3 Å². The van der Waals surface area contributed by atoms with E-state index in [-0.39, 0.29) is 0 Å². The van der Waals surface area contributed by atoms with E-state index in [1.807, 2.05) is 25.1 Å². The van der Waals surface area contributed by atoms with Crippen LogP contribution in [0.2, 0.25) is 0 Å². The van der Waals surface area contributed by atoms with E-state index in [4.69, 9.17) is 11.0 Å². The number of rotatable bonds is 2. The molecule has 1 aromatic heterocycles. The second-order valence-electron chi connectivity index (χ2n) is 3.56. The average Bonchev–Trinajstić information content (AvgIpc) is 2.29. The van der Waals surface area contributed by atoms with E-state index < -0.39 is 0 Å². The minimum Gasteiger partial charge on any atom is -0.382 e. The highest BCUT2D eigenvalue weighted by Gasteiger charge is 2.05. The van der Waals surface area contributed by atoms with E-state index in [2.05, 4.69) is 21.4 Å². The minimum absolute atomic E-state index is 0.334. The molecule has 17 heavy (non-hydrogen) atoms. The molecule has 0 aliphatic heterocycles. The smallest absolute Gasteiger partial charge is 0.151 e. The number of benzene rings is 1. The number of nitrogen functional groups attached to an aromatic ring is 1. The highest BCUT2D eigenvalue weighted by Crippen LogP contribution is 2.21. The molecule has 0 saturated heterocycles. The summed E-state index contributed by atoms with van der Waals surface area (Å²) < 4.78 is 0. The Kier molecular flexibility index (Phi) is 2.88. The molecular weight excluding hydrogens is 214 g/mol. The van der Waals surface area contributed by atoms with E-state index in [0.717, 1.165) is 5.56 Å². The van der Waals surface area contributed by atoms with Crippen LogP contribution in [0.3, 0.4) is 0 Å². The highest BCUT2D eigenvalue weighted by molar-refractivity contribution is 5.66. The van der Waals surface area contributed by atoms with Crippen LogP contribution in [0.4, 0.5) is 17.3 Å². The van der Waals surface area contributed by atoms with Crippen LogP contribution in [0.5, 0.6) is 0 Å². The lowest BCUT2D eigenvalue weighted by Gasteiger charge is -2.08. The summed E-state index contributed by atoms with van der Waals surface area (Å²) in [4.78, 5) is 7.99. The number of nitriles is 1. The quantitative estimate of drug-likeness (QED) is 0.815. The number of aryl methyl sites for hydroxylation is 1. The Balaban J connectivity index is 2.37. The molecular formula is C12H11N5. The van der Waals surface area contributed by atoms with Crippen LogP contribution in [0.25, 0.3) is 0 Å². The largest absolute Gasteiger partial charge is 0.382 e. The topological polar surface area (TPSA) is 87.6 Å². The zero-order valence-corrected chi connectivity index (χ0v) is 9.31. The molecule has 0 atom stereocenters. The molecule has 0 bridgehead atoms. The summed E-state index contributed by atoms with van der Waals surface area (Å²) in [7, 11) is 0. The Hall–Kier alpha value is -2.61. The van der Waals surface area contributed by atoms with Gasteiger partial charge in [0.05, 0.1) is 23.6 Å². The van der Waals surface area contributed by atoms with E-state index in [0.29, 0.717) is 22.9 Å². The Labute approximate surface area is 98.9 Å². The van der Waals surface area contributed by atoms with Crippen molar-refractivity contribution in [3.63, 3.8) is 0 Å². The zero-order valence-electron chi connectivity index (χ0n) is 9.31. The maximum atomic E-state index is 9.08.